The van der Waals surface area contributed by atoms with Gasteiger partial charge in [-0.2, -0.15) is 5.26 Å². The highest BCUT2D eigenvalue weighted by Crippen LogP contribution is 2.36. The summed E-state index contributed by atoms with van der Waals surface area (Å²) in [6.07, 6.45) is 0. The van der Waals surface area contributed by atoms with Crippen LogP contribution in [0.5, 0.6) is 0 Å². The van der Waals surface area contributed by atoms with Crippen LogP contribution in [0.3, 0.4) is 0 Å². The molecule has 0 saturated heterocycles. The number of nitrogens with zero attached hydrogens (tertiary/aromatic N) is 2. The molecule has 4 aromatic rings. The van der Waals surface area contributed by atoms with E-state index in [-0.39, 0.29) is 5.91 Å². The molecule has 0 fully saturated rings. The molecule has 0 bridgehead atoms. The molecule has 4 rings (SSSR count). The zero-order chi connectivity index (χ0) is 24.1. The molecular weight excluding hydrogens is 574 g/mol. The zero-order valence-corrected chi connectivity index (χ0v) is 22.1. The maximum atomic E-state index is 12.9. The first-order valence-electron chi connectivity index (χ1n) is 10.4. The fraction of sp³-hybridized carbons (Fsp3) is 0.0741. The highest BCUT2D eigenvalue weighted by atomic mass is 79.9. The van der Waals surface area contributed by atoms with Gasteiger partial charge in [-0.15, -0.1) is 0 Å². The van der Waals surface area contributed by atoms with Crippen LogP contribution in [0.1, 0.15) is 12.5 Å². The predicted molar refractivity (Wildman–Crippen MR) is 146 cm³/mol. The van der Waals surface area contributed by atoms with Crippen LogP contribution in [0.25, 0.3) is 22.4 Å². The summed E-state index contributed by atoms with van der Waals surface area (Å²) in [5.74, 6) is -0.159. The third-order valence-corrected chi connectivity index (χ3v) is 7.24. The van der Waals surface area contributed by atoms with E-state index in [1.54, 1.807) is 0 Å². The van der Waals surface area contributed by atoms with Gasteiger partial charge in [-0.25, -0.2) is 4.98 Å². The summed E-state index contributed by atoms with van der Waals surface area (Å²) in [4.78, 5) is 17.7. The molecule has 34 heavy (non-hydrogen) atoms. The molecule has 1 atom stereocenters. The van der Waals surface area contributed by atoms with Crippen LogP contribution in [0.2, 0.25) is 0 Å². The molecule has 4 nitrogen and oxygen atoms in total. The van der Waals surface area contributed by atoms with Gasteiger partial charge in [-0.1, -0.05) is 86.1 Å². The van der Waals surface area contributed by atoms with Crippen LogP contribution in [-0.2, 0) is 4.79 Å². The van der Waals surface area contributed by atoms with Crippen molar-refractivity contribution in [2.45, 2.75) is 17.2 Å². The maximum absolute atomic E-state index is 12.9. The second-order valence-electron chi connectivity index (χ2n) is 7.48. The van der Waals surface area contributed by atoms with Gasteiger partial charge in [-0.3, -0.25) is 4.79 Å². The van der Waals surface area contributed by atoms with Crippen LogP contribution in [0, 0.1) is 11.3 Å². The number of carbonyl (C=O) groups is 1. The molecule has 0 saturated carbocycles. The molecule has 0 aliphatic carbocycles. The van der Waals surface area contributed by atoms with Crippen LogP contribution < -0.4 is 5.32 Å². The van der Waals surface area contributed by atoms with Crippen molar-refractivity contribution in [1.29, 1.82) is 5.26 Å². The second kappa shape index (κ2) is 11.0. The van der Waals surface area contributed by atoms with E-state index in [1.165, 1.54) is 11.8 Å². The van der Waals surface area contributed by atoms with Gasteiger partial charge in [0.25, 0.3) is 0 Å². The SMILES string of the molecule is CC(Sc1nc(-c2ccc(Br)cc2)cc(-c2ccccc2)c1C#N)C(=O)Nc1ccc(Br)cc1. The number of halogens is 2. The molecule has 7 heteroatoms. The average molecular weight is 593 g/mol. The summed E-state index contributed by atoms with van der Waals surface area (Å²) in [6, 6.07) is 29.3. The number of hydrogen-bond acceptors (Lipinski definition) is 4. The van der Waals surface area contributed by atoms with E-state index in [4.69, 9.17) is 4.98 Å². The summed E-state index contributed by atoms with van der Waals surface area (Å²) in [7, 11) is 0. The van der Waals surface area contributed by atoms with E-state index in [0.717, 1.165) is 31.3 Å². The Morgan fingerprint density at radius 3 is 2.18 bits per heavy atom. The number of amides is 1. The Kier molecular flexibility index (Phi) is 7.84. The molecule has 1 N–H and O–H groups in total. The molecule has 1 aromatic heterocycles. The minimum atomic E-state index is -0.466. The first-order chi connectivity index (χ1) is 16.4. The normalized spacial score (nSPS) is 11.5. The summed E-state index contributed by atoms with van der Waals surface area (Å²) in [6.45, 7) is 1.82. The van der Waals surface area contributed by atoms with Crippen LogP contribution in [0.4, 0.5) is 5.69 Å². The van der Waals surface area contributed by atoms with E-state index in [1.807, 2.05) is 91.9 Å². The Morgan fingerprint density at radius 1 is 0.941 bits per heavy atom. The van der Waals surface area contributed by atoms with Gasteiger partial charge in [0.1, 0.15) is 11.1 Å². The maximum Gasteiger partial charge on any atom is 0.237 e. The van der Waals surface area contributed by atoms with E-state index in [9.17, 15) is 10.1 Å². The minimum absolute atomic E-state index is 0.159. The molecule has 0 radical (unpaired) electrons. The average Bonchev–Trinajstić information content (AvgIpc) is 2.86. The van der Waals surface area contributed by atoms with Crippen molar-refractivity contribution in [3.05, 3.63) is 99.4 Å². The van der Waals surface area contributed by atoms with Gasteiger partial charge in [0.05, 0.1) is 16.5 Å². The van der Waals surface area contributed by atoms with Crippen molar-refractivity contribution >= 4 is 55.2 Å². The molecular formula is C27H19Br2N3OS. The third kappa shape index (κ3) is 5.76. The molecule has 0 aliphatic rings. The Balaban J connectivity index is 1.72. The van der Waals surface area contributed by atoms with E-state index in [0.29, 0.717) is 16.3 Å². The lowest BCUT2D eigenvalue weighted by molar-refractivity contribution is -0.115. The van der Waals surface area contributed by atoms with Crippen LogP contribution in [-0.4, -0.2) is 16.1 Å². The molecule has 0 aliphatic heterocycles. The quantitative estimate of drug-likeness (QED) is 0.231. The number of benzene rings is 3. The van der Waals surface area contributed by atoms with Gasteiger partial charge in [-0.05, 0) is 55.0 Å². The van der Waals surface area contributed by atoms with Gasteiger partial charge < -0.3 is 5.32 Å². The molecule has 1 heterocycles. The lowest BCUT2D eigenvalue weighted by Gasteiger charge is -2.16. The van der Waals surface area contributed by atoms with Crippen molar-refractivity contribution in [3.8, 4) is 28.5 Å². The van der Waals surface area contributed by atoms with Gasteiger partial charge >= 0.3 is 0 Å². The summed E-state index contributed by atoms with van der Waals surface area (Å²) < 4.78 is 1.91. The van der Waals surface area contributed by atoms with Crippen molar-refractivity contribution < 1.29 is 4.79 Å². The molecule has 1 amide bonds. The number of hydrogen-bond donors (Lipinski definition) is 1. The number of nitriles is 1. The Morgan fingerprint density at radius 2 is 1.56 bits per heavy atom. The minimum Gasteiger partial charge on any atom is -0.325 e. The summed E-state index contributed by atoms with van der Waals surface area (Å²) in [5.41, 5.74) is 4.56. The first-order valence-corrected chi connectivity index (χ1v) is 12.9. The van der Waals surface area contributed by atoms with E-state index in [2.05, 4.69) is 43.2 Å². The van der Waals surface area contributed by atoms with Crippen molar-refractivity contribution in [2.24, 2.45) is 0 Å². The number of rotatable bonds is 6. The van der Waals surface area contributed by atoms with Crippen molar-refractivity contribution in [1.82, 2.24) is 4.98 Å². The van der Waals surface area contributed by atoms with Gasteiger partial charge in [0, 0.05) is 25.8 Å². The lowest BCUT2D eigenvalue weighted by Crippen LogP contribution is -2.22. The van der Waals surface area contributed by atoms with Crippen molar-refractivity contribution in [3.63, 3.8) is 0 Å². The molecule has 168 valence electrons. The van der Waals surface area contributed by atoms with Gasteiger partial charge in [0.2, 0.25) is 5.91 Å². The number of carbonyl (C=O) groups excluding carboxylic acids is 1. The third-order valence-electron chi connectivity index (χ3n) is 5.09. The van der Waals surface area contributed by atoms with Gasteiger partial charge in [0.15, 0.2) is 0 Å². The standard InChI is InChI=1S/C27H19Br2N3OS/c1-17(26(33)31-22-13-11-21(29)12-14-22)34-27-24(16-30)23(18-5-3-2-4-6-18)15-25(32-27)19-7-9-20(28)10-8-19/h2-15,17H,1H3,(H,31,33). The monoisotopic (exact) mass is 591 g/mol. The fourth-order valence-electron chi connectivity index (χ4n) is 3.33. The first kappa shape index (κ1) is 24.2. The highest BCUT2D eigenvalue weighted by molar-refractivity contribution is 9.10. The van der Waals surface area contributed by atoms with E-state index < -0.39 is 5.25 Å². The van der Waals surface area contributed by atoms with Crippen LogP contribution >= 0.6 is 43.6 Å². The van der Waals surface area contributed by atoms with E-state index >= 15 is 0 Å². The summed E-state index contributed by atoms with van der Waals surface area (Å²) in [5, 5.41) is 13.0. The number of nitrogens with one attached hydrogen (secondary N) is 1. The zero-order valence-electron chi connectivity index (χ0n) is 18.1. The van der Waals surface area contributed by atoms with Crippen LogP contribution in [0.15, 0.2) is 98.9 Å². The number of aromatic nitrogens is 1. The number of pyridine rings is 1. The Labute approximate surface area is 219 Å². The van der Waals surface area contributed by atoms with Crippen molar-refractivity contribution in [2.75, 3.05) is 5.32 Å². The highest BCUT2D eigenvalue weighted by Gasteiger charge is 2.21. The largest absolute Gasteiger partial charge is 0.325 e. The number of anilines is 1. The smallest absolute Gasteiger partial charge is 0.237 e. The summed E-state index contributed by atoms with van der Waals surface area (Å²) >= 11 is 8.15. The predicted octanol–water partition coefficient (Wildman–Crippen LogP) is 7.93. The molecule has 1 unspecified atom stereocenters. The second-order valence-corrected chi connectivity index (χ2v) is 10.6. The number of thioether (sulfide) groups is 1. The Hall–Kier alpha value is -2.92. The fourth-order valence-corrected chi connectivity index (χ4v) is 4.78. The molecule has 0 spiro atoms. The molecule has 3 aromatic carbocycles. The Bertz CT molecular complexity index is 1350. The topological polar surface area (TPSA) is 65.8 Å². The lowest BCUT2D eigenvalue weighted by atomic mass is 9.99.